The van der Waals surface area contributed by atoms with Gasteiger partial charge in [-0.05, 0) is 17.9 Å². The van der Waals surface area contributed by atoms with E-state index in [1.54, 1.807) is 30.3 Å². The Kier molecular flexibility index (Phi) is 6.52. The molecule has 148 valence electrons. The number of aromatic nitrogens is 2. The summed E-state index contributed by atoms with van der Waals surface area (Å²) < 4.78 is 22.7. The normalized spacial score (nSPS) is 14.4. The van der Waals surface area contributed by atoms with Crippen molar-refractivity contribution < 1.29 is 23.7 Å². The van der Waals surface area contributed by atoms with E-state index in [0.29, 0.717) is 6.42 Å². The predicted molar refractivity (Wildman–Crippen MR) is 105 cm³/mol. The zero-order valence-electron chi connectivity index (χ0n) is 18.7. The molecule has 0 aliphatic heterocycles. The number of benzene rings is 1. The molecule has 0 aliphatic carbocycles. The first-order chi connectivity index (χ1) is 14.6. The molecule has 0 fully saturated rings. The lowest BCUT2D eigenvalue weighted by Gasteiger charge is -2.24. The van der Waals surface area contributed by atoms with Crippen molar-refractivity contribution in [1.82, 2.24) is 20.6 Å². The summed E-state index contributed by atoms with van der Waals surface area (Å²) in [6.07, 6.45) is -1.27. The van der Waals surface area contributed by atoms with E-state index in [0.717, 1.165) is 5.56 Å². The second-order valence-electron chi connectivity index (χ2n) is 6.78. The molecule has 0 saturated heterocycles. The largest absolute Gasteiger partial charge is 0.475 e. The smallest absolute Gasteiger partial charge is 0.426 e. The molecule has 2 aromatic rings. The van der Waals surface area contributed by atoms with Crippen molar-refractivity contribution in [3.63, 3.8) is 0 Å². The molecule has 0 spiro atoms. The highest BCUT2D eigenvalue weighted by molar-refractivity contribution is 6.43. The van der Waals surface area contributed by atoms with Gasteiger partial charge in [0.15, 0.2) is 0 Å². The molecule has 1 heterocycles. The maximum Gasteiger partial charge on any atom is 0.475 e. The molecule has 1 aromatic carbocycles. The molecule has 4 N–H and O–H groups in total. The molecule has 0 aliphatic rings. The molecular formula is C19H25BN4O4. The zero-order chi connectivity index (χ0) is 23.1. The Labute approximate surface area is 168 Å². The third-order valence-corrected chi connectivity index (χ3v) is 3.97. The van der Waals surface area contributed by atoms with Crippen molar-refractivity contribution >= 4 is 18.9 Å². The Morgan fingerprint density at radius 1 is 1.18 bits per heavy atom. The molecule has 0 radical (unpaired) electrons. The summed E-state index contributed by atoms with van der Waals surface area (Å²) in [7, 11) is -1.78. The number of nitrogens with one attached hydrogen (secondary N) is 2. The molecule has 28 heavy (non-hydrogen) atoms. The average molecular weight is 387 g/mol. The number of hydrogen-bond acceptors (Lipinski definition) is 6. The number of carbonyl (C=O) groups excluding carboxylic acids is 2. The highest BCUT2D eigenvalue weighted by atomic mass is 16.4. The summed E-state index contributed by atoms with van der Waals surface area (Å²) in [5.41, 5.74) is 0.264. The maximum absolute atomic E-state index is 12.9. The van der Waals surface area contributed by atoms with Gasteiger partial charge in [0.1, 0.15) is 11.7 Å². The molecule has 9 heteroatoms. The predicted octanol–water partition coefficient (Wildman–Crippen LogP) is 0.361. The van der Waals surface area contributed by atoms with Crippen molar-refractivity contribution in [1.29, 1.82) is 0 Å². The van der Waals surface area contributed by atoms with Crippen LogP contribution in [0.4, 0.5) is 0 Å². The first-order valence-corrected chi connectivity index (χ1v) is 8.91. The first kappa shape index (κ1) is 17.3. The topological polar surface area (TPSA) is 124 Å². The van der Waals surface area contributed by atoms with Gasteiger partial charge in [0.25, 0.3) is 5.91 Å². The van der Waals surface area contributed by atoms with Crippen LogP contribution < -0.4 is 10.6 Å². The van der Waals surface area contributed by atoms with Gasteiger partial charge in [-0.3, -0.25) is 14.6 Å². The molecule has 0 unspecified atom stereocenters. The Morgan fingerprint density at radius 3 is 2.54 bits per heavy atom. The van der Waals surface area contributed by atoms with E-state index in [9.17, 15) is 19.6 Å². The van der Waals surface area contributed by atoms with Crippen LogP contribution in [0.3, 0.4) is 0 Å². The van der Waals surface area contributed by atoms with Crippen molar-refractivity contribution in [2.75, 3.05) is 0 Å². The van der Waals surface area contributed by atoms with Crippen LogP contribution >= 0.6 is 0 Å². The van der Waals surface area contributed by atoms with Crippen LogP contribution in [0.5, 0.6) is 0 Å². The summed E-state index contributed by atoms with van der Waals surface area (Å²) in [5.74, 6) is -2.39. The molecular weight excluding hydrogens is 359 g/mol. The lowest BCUT2D eigenvalue weighted by molar-refractivity contribution is -0.123. The summed E-state index contributed by atoms with van der Waals surface area (Å²) in [6, 6.07) is 7.78. The SMILES string of the molecule is [2H]c1nc([2H])c(C(=O)N[C@@H](Cc2ccccc2)C(=O)N[C@@H](CC(C)C)B(O)O)nc1[2H]. The van der Waals surface area contributed by atoms with E-state index >= 15 is 0 Å². The molecule has 0 saturated carbocycles. The molecule has 1 aromatic heterocycles. The van der Waals surface area contributed by atoms with Crippen LogP contribution in [0, 0.1) is 5.92 Å². The van der Waals surface area contributed by atoms with Crippen LogP contribution in [-0.4, -0.2) is 50.9 Å². The van der Waals surface area contributed by atoms with Crippen LogP contribution in [0.1, 0.15) is 40.4 Å². The first-order valence-electron chi connectivity index (χ1n) is 10.4. The Hall–Kier alpha value is -2.78. The fourth-order valence-electron chi connectivity index (χ4n) is 2.65. The van der Waals surface area contributed by atoms with Crippen LogP contribution in [0.15, 0.2) is 48.9 Å². The molecule has 8 nitrogen and oxygen atoms in total. The maximum atomic E-state index is 12.9. The second-order valence-corrected chi connectivity index (χ2v) is 6.78. The van der Waals surface area contributed by atoms with Crippen molar-refractivity contribution in [3.8, 4) is 0 Å². The second kappa shape index (κ2) is 10.5. The fourth-order valence-corrected chi connectivity index (χ4v) is 2.65. The highest BCUT2D eigenvalue weighted by Gasteiger charge is 2.30. The number of hydrogen-bond donors (Lipinski definition) is 4. The van der Waals surface area contributed by atoms with Crippen molar-refractivity contribution in [2.24, 2.45) is 5.92 Å². The lowest BCUT2D eigenvalue weighted by Crippen LogP contribution is -2.55. The summed E-state index contributed by atoms with van der Waals surface area (Å²) in [4.78, 5) is 32.7. The van der Waals surface area contributed by atoms with Gasteiger partial charge in [0, 0.05) is 18.8 Å². The van der Waals surface area contributed by atoms with Crippen molar-refractivity contribution in [3.05, 3.63) is 60.1 Å². The number of carbonyl (C=O) groups is 2. The highest BCUT2D eigenvalue weighted by Crippen LogP contribution is 2.09. The standard InChI is InChI=1S/C19H25BN4O4/c1-13(2)10-17(20(27)28)24-18(25)15(11-14-6-4-3-5-7-14)23-19(26)16-12-21-8-9-22-16/h3-9,12-13,15,17,27-28H,10-11H2,1-2H3,(H,23,26)(H,24,25)/t15-,17-/m0/s1/i8D,9D,12D. The number of amides is 2. The van der Waals surface area contributed by atoms with Crippen molar-refractivity contribution in [2.45, 2.75) is 38.7 Å². The quantitative estimate of drug-likeness (QED) is 0.461. The average Bonchev–Trinajstić information content (AvgIpc) is 2.69. The van der Waals surface area contributed by atoms with Crippen LogP contribution in [0.25, 0.3) is 0 Å². The minimum atomic E-state index is -1.78. The van der Waals surface area contributed by atoms with E-state index in [1.165, 1.54) is 0 Å². The van der Waals surface area contributed by atoms with Gasteiger partial charge in [-0.25, -0.2) is 4.98 Å². The summed E-state index contributed by atoms with van der Waals surface area (Å²) in [6.45, 7) is 3.74. The van der Waals surface area contributed by atoms with E-state index < -0.39 is 55.1 Å². The summed E-state index contributed by atoms with van der Waals surface area (Å²) in [5, 5.41) is 24.3. The number of nitrogens with zero attached hydrogens (tertiary/aromatic N) is 2. The van der Waals surface area contributed by atoms with E-state index in [-0.39, 0.29) is 12.3 Å². The van der Waals surface area contributed by atoms with Gasteiger partial charge >= 0.3 is 7.12 Å². The van der Waals surface area contributed by atoms with E-state index in [2.05, 4.69) is 20.6 Å². The molecule has 2 amide bonds. The summed E-state index contributed by atoms with van der Waals surface area (Å²) >= 11 is 0. The van der Waals surface area contributed by atoms with Crippen LogP contribution in [-0.2, 0) is 11.2 Å². The molecule has 0 bridgehead atoms. The monoisotopic (exact) mass is 387 g/mol. The molecule has 2 rings (SSSR count). The van der Waals surface area contributed by atoms with Gasteiger partial charge in [-0.15, -0.1) is 0 Å². The fraction of sp³-hybridized carbons (Fsp3) is 0.368. The lowest BCUT2D eigenvalue weighted by atomic mass is 9.75. The van der Waals surface area contributed by atoms with Gasteiger partial charge in [0.05, 0.1) is 16.2 Å². The number of rotatable bonds is 9. The Bertz CT molecular complexity index is 919. The van der Waals surface area contributed by atoms with Gasteiger partial charge in [-0.1, -0.05) is 44.2 Å². The minimum Gasteiger partial charge on any atom is -0.426 e. The third kappa shape index (κ3) is 6.75. The third-order valence-electron chi connectivity index (χ3n) is 3.97. The van der Waals surface area contributed by atoms with E-state index in [1.807, 2.05) is 13.8 Å². The van der Waals surface area contributed by atoms with E-state index in [4.69, 9.17) is 4.11 Å². The molecule has 2 atom stereocenters. The Balaban J connectivity index is 2.26. The van der Waals surface area contributed by atoms with Crippen LogP contribution in [0.2, 0.25) is 0 Å². The zero-order valence-corrected chi connectivity index (χ0v) is 15.7. The minimum absolute atomic E-state index is 0.0780. The van der Waals surface area contributed by atoms with Gasteiger partial charge in [0.2, 0.25) is 5.91 Å². The van der Waals surface area contributed by atoms with Gasteiger partial charge in [-0.2, -0.15) is 0 Å². The Morgan fingerprint density at radius 2 is 1.89 bits per heavy atom. The van der Waals surface area contributed by atoms with Gasteiger partial charge < -0.3 is 20.7 Å².